The number of hydrogen-bond acceptors (Lipinski definition) is 4. The lowest BCUT2D eigenvalue weighted by Crippen LogP contribution is -2.16. The van der Waals surface area contributed by atoms with Crippen LogP contribution in [-0.2, 0) is 12.7 Å². The minimum absolute atomic E-state index is 0.113. The highest BCUT2D eigenvalue weighted by Gasteiger charge is 2.35. The van der Waals surface area contributed by atoms with Crippen LogP contribution in [0.15, 0.2) is 66.9 Å². The third kappa shape index (κ3) is 4.92. The van der Waals surface area contributed by atoms with Gasteiger partial charge in [0.05, 0.1) is 12.2 Å². The van der Waals surface area contributed by atoms with Crippen molar-refractivity contribution in [3.8, 4) is 11.3 Å². The van der Waals surface area contributed by atoms with Gasteiger partial charge >= 0.3 is 6.18 Å². The Labute approximate surface area is 208 Å². The molecule has 5 aromatic rings. The summed E-state index contributed by atoms with van der Waals surface area (Å²) < 4.78 is 57.6. The lowest BCUT2D eigenvalue weighted by Gasteiger charge is -2.11. The lowest BCUT2D eigenvalue weighted by atomic mass is 10.0. The Bertz CT molecular complexity index is 1640. The van der Waals surface area contributed by atoms with Crippen molar-refractivity contribution in [2.24, 2.45) is 0 Å². The molecule has 0 radical (unpaired) electrons. The Balaban J connectivity index is 1.44. The second-order valence-corrected chi connectivity index (χ2v) is 8.57. The zero-order valence-electron chi connectivity index (χ0n) is 19.7. The number of carbonyl (C=O) groups excluding carboxylic acids is 1. The zero-order valence-corrected chi connectivity index (χ0v) is 19.7. The SMILES string of the molecule is Cc1ccc(-c2cc(C(F)(F)F)n3nc(C(=O)Nc4ccn(Cc5ccccc5F)n4)cc3n2)cc1C. The van der Waals surface area contributed by atoms with Gasteiger partial charge in [-0.25, -0.2) is 13.9 Å². The molecular weight excluding hydrogens is 488 g/mol. The molecule has 0 saturated heterocycles. The van der Waals surface area contributed by atoms with Gasteiger partial charge in [-0.3, -0.25) is 9.48 Å². The highest BCUT2D eigenvalue weighted by atomic mass is 19.4. The van der Waals surface area contributed by atoms with Crippen LogP contribution in [0.3, 0.4) is 0 Å². The summed E-state index contributed by atoms with van der Waals surface area (Å²) in [6.45, 7) is 3.90. The Kier molecular flexibility index (Phi) is 5.98. The van der Waals surface area contributed by atoms with Crippen LogP contribution in [-0.4, -0.2) is 30.3 Å². The molecule has 188 valence electrons. The normalized spacial score (nSPS) is 11.7. The van der Waals surface area contributed by atoms with E-state index in [2.05, 4.69) is 20.5 Å². The second-order valence-electron chi connectivity index (χ2n) is 8.57. The van der Waals surface area contributed by atoms with E-state index in [1.165, 1.54) is 22.9 Å². The molecule has 37 heavy (non-hydrogen) atoms. The van der Waals surface area contributed by atoms with Crippen LogP contribution >= 0.6 is 0 Å². The highest BCUT2D eigenvalue weighted by Crippen LogP contribution is 2.32. The molecule has 7 nitrogen and oxygen atoms in total. The number of aryl methyl sites for hydroxylation is 2. The topological polar surface area (TPSA) is 77.1 Å². The predicted molar refractivity (Wildman–Crippen MR) is 129 cm³/mol. The Hall–Kier alpha value is -4.54. The van der Waals surface area contributed by atoms with Gasteiger partial charge < -0.3 is 5.32 Å². The largest absolute Gasteiger partial charge is 0.433 e. The van der Waals surface area contributed by atoms with Crippen molar-refractivity contribution in [1.82, 2.24) is 24.4 Å². The van der Waals surface area contributed by atoms with Gasteiger partial charge in [0.15, 0.2) is 22.9 Å². The maximum atomic E-state index is 13.9. The van der Waals surface area contributed by atoms with Crippen LogP contribution in [0.5, 0.6) is 0 Å². The first kappa shape index (κ1) is 24.2. The number of amides is 1. The minimum Gasteiger partial charge on any atom is -0.304 e. The van der Waals surface area contributed by atoms with E-state index >= 15 is 0 Å². The number of fused-ring (bicyclic) bond motifs is 1. The second kappa shape index (κ2) is 9.16. The van der Waals surface area contributed by atoms with E-state index < -0.39 is 17.8 Å². The number of nitrogens with one attached hydrogen (secondary N) is 1. The van der Waals surface area contributed by atoms with E-state index in [1.54, 1.807) is 36.5 Å². The fourth-order valence-electron chi connectivity index (χ4n) is 3.83. The molecular formula is C26H20F4N6O. The molecule has 3 aromatic heterocycles. The first-order valence-electron chi connectivity index (χ1n) is 11.2. The van der Waals surface area contributed by atoms with Crippen LogP contribution in [0.4, 0.5) is 23.4 Å². The summed E-state index contributed by atoms with van der Waals surface area (Å²) in [6.07, 6.45) is -3.19. The molecule has 1 amide bonds. The van der Waals surface area contributed by atoms with E-state index in [-0.39, 0.29) is 35.2 Å². The quantitative estimate of drug-likeness (QED) is 0.311. The van der Waals surface area contributed by atoms with E-state index in [9.17, 15) is 22.4 Å². The van der Waals surface area contributed by atoms with Gasteiger partial charge in [0, 0.05) is 29.5 Å². The fourth-order valence-corrected chi connectivity index (χ4v) is 3.83. The molecule has 0 atom stereocenters. The maximum Gasteiger partial charge on any atom is 0.433 e. The molecule has 0 saturated carbocycles. The Morgan fingerprint density at radius 2 is 1.76 bits per heavy atom. The maximum absolute atomic E-state index is 13.9. The van der Waals surface area contributed by atoms with E-state index in [1.807, 2.05) is 19.9 Å². The van der Waals surface area contributed by atoms with Gasteiger partial charge in [0.2, 0.25) is 0 Å². The molecule has 0 spiro atoms. The van der Waals surface area contributed by atoms with Crippen molar-refractivity contribution >= 4 is 17.4 Å². The number of nitrogens with zero attached hydrogens (tertiary/aromatic N) is 5. The molecule has 2 aromatic carbocycles. The third-order valence-corrected chi connectivity index (χ3v) is 5.93. The van der Waals surface area contributed by atoms with Crippen LogP contribution in [0.25, 0.3) is 16.9 Å². The number of rotatable bonds is 5. The standard InChI is InChI=1S/C26H20F4N6O/c1-15-7-8-17(11-16(15)2)20-12-22(26(28,29)30)36-24(31-20)13-21(33-36)25(37)32-23-9-10-35(34-23)14-18-5-3-4-6-19(18)27/h3-13H,14H2,1-2H3,(H,32,34,37). The molecule has 5 rings (SSSR count). The predicted octanol–water partition coefficient (Wildman–Crippen LogP) is 5.67. The average Bonchev–Trinajstić information content (AvgIpc) is 3.47. The summed E-state index contributed by atoms with van der Waals surface area (Å²) in [5.74, 6) is -1.01. The molecule has 3 heterocycles. The van der Waals surface area contributed by atoms with Gasteiger partial charge in [0.1, 0.15) is 5.82 Å². The average molecular weight is 508 g/mol. The van der Waals surface area contributed by atoms with Crippen LogP contribution in [0.2, 0.25) is 0 Å². The molecule has 11 heteroatoms. The number of carbonyl (C=O) groups is 1. The van der Waals surface area contributed by atoms with Crippen molar-refractivity contribution < 1.29 is 22.4 Å². The third-order valence-electron chi connectivity index (χ3n) is 5.93. The molecule has 0 aliphatic rings. The van der Waals surface area contributed by atoms with Crippen LogP contribution in [0, 0.1) is 19.7 Å². The van der Waals surface area contributed by atoms with Crippen LogP contribution < -0.4 is 5.32 Å². The van der Waals surface area contributed by atoms with Gasteiger partial charge in [-0.15, -0.1) is 0 Å². The lowest BCUT2D eigenvalue weighted by molar-refractivity contribution is -0.142. The van der Waals surface area contributed by atoms with E-state index in [0.29, 0.717) is 15.6 Å². The van der Waals surface area contributed by atoms with E-state index in [4.69, 9.17) is 0 Å². The van der Waals surface area contributed by atoms with Gasteiger partial charge in [-0.05, 0) is 43.2 Å². The number of aromatic nitrogens is 5. The number of hydrogen-bond donors (Lipinski definition) is 1. The summed E-state index contributed by atoms with van der Waals surface area (Å²) in [5.41, 5.74) is 1.51. The summed E-state index contributed by atoms with van der Waals surface area (Å²) in [7, 11) is 0. The number of alkyl halides is 3. The minimum atomic E-state index is -4.74. The fraction of sp³-hybridized carbons (Fsp3) is 0.154. The van der Waals surface area contributed by atoms with Crippen molar-refractivity contribution in [1.29, 1.82) is 0 Å². The van der Waals surface area contributed by atoms with Gasteiger partial charge in [0.25, 0.3) is 5.91 Å². The Morgan fingerprint density at radius 3 is 2.49 bits per heavy atom. The van der Waals surface area contributed by atoms with Crippen molar-refractivity contribution in [2.45, 2.75) is 26.6 Å². The van der Waals surface area contributed by atoms with Gasteiger partial charge in [-0.2, -0.15) is 23.4 Å². The van der Waals surface area contributed by atoms with Crippen molar-refractivity contribution in [2.75, 3.05) is 5.32 Å². The number of anilines is 1. The first-order chi connectivity index (χ1) is 17.6. The van der Waals surface area contributed by atoms with Crippen LogP contribution in [0.1, 0.15) is 32.9 Å². The number of halogens is 4. The highest BCUT2D eigenvalue weighted by molar-refractivity contribution is 6.03. The summed E-state index contributed by atoms with van der Waals surface area (Å²) in [4.78, 5) is 17.1. The van der Waals surface area contributed by atoms with E-state index in [0.717, 1.165) is 17.2 Å². The molecule has 0 bridgehead atoms. The smallest absolute Gasteiger partial charge is 0.304 e. The molecule has 0 fully saturated rings. The summed E-state index contributed by atoms with van der Waals surface area (Å²) in [6, 6.07) is 15.1. The van der Waals surface area contributed by atoms with Crippen molar-refractivity contribution in [3.63, 3.8) is 0 Å². The Morgan fingerprint density at radius 1 is 0.973 bits per heavy atom. The molecule has 0 aliphatic heterocycles. The summed E-state index contributed by atoms with van der Waals surface area (Å²) >= 11 is 0. The molecule has 1 N–H and O–H groups in total. The zero-order chi connectivity index (χ0) is 26.3. The van der Waals surface area contributed by atoms with Crippen molar-refractivity contribution in [3.05, 3.63) is 101 Å². The molecule has 0 aliphatic carbocycles. The first-order valence-corrected chi connectivity index (χ1v) is 11.2. The summed E-state index contributed by atoms with van der Waals surface area (Å²) in [5, 5.41) is 10.6. The monoisotopic (exact) mass is 508 g/mol. The van der Waals surface area contributed by atoms with Gasteiger partial charge in [-0.1, -0.05) is 30.3 Å². The molecule has 0 unspecified atom stereocenters. The number of benzene rings is 2.